The van der Waals surface area contributed by atoms with E-state index in [1.165, 1.54) is 0 Å². The molecular formula is C18H20N2O3. The Morgan fingerprint density at radius 3 is 1.83 bits per heavy atom. The van der Waals surface area contributed by atoms with Crippen LogP contribution in [0.1, 0.15) is 36.1 Å². The van der Waals surface area contributed by atoms with Crippen LogP contribution < -0.4 is 5.32 Å². The zero-order chi connectivity index (χ0) is 16.3. The fourth-order valence-electron chi connectivity index (χ4n) is 3.37. The van der Waals surface area contributed by atoms with Gasteiger partial charge in [0.25, 0.3) is 0 Å². The lowest BCUT2D eigenvalue weighted by Crippen LogP contribution is -2.49. The van der Waals surface area contributed by atoms with E-state index in [-0.39, 0.29) is 12.1 Å². The highest BCUT2D eigenvalue weighted by molar-refractivity contribution is 5.25. The molecule has 3 atom stereocenters. The smallest absolute Gasteiger partial charge is 0.232 e. The van der Waals surface area contributed by atoms with Gasteiger partial charge in [-0.1, -0.05) is 60.7 Å². The Labute approximate surface area is 135 Å². The SMILES string of the molecule is O=[N+]([O-])CC1(O)C[C@@H](c2ccccc2)N[C@@H](c2ccccc2)C1. The van der Waals surface area contributed by atoms with Gasteiger partial charge >= 0.3 is 0 Å². The maximum Gasteiger partial charge on any atom is 0.232 e. The Kier molecular flexibility index (Phi) is 4.41. The zero-order valence-electron chi connectivity index (χ0n) is 12.8. The third kappa shape index (κ3) is 3.75. The monoisotopic (exact) mass is 312 g/mol. The van der Waals surface area contributed by atoms with Gasteiger partial charge in [-0.3, -0.25) is 10.1 Å². The van der Waals surface area contributed by atoms with Crippen molar-refractivity contribution >= 4 is 0 Å². The van der Waals surface area contributed by atoms with Crippen molar-refractivity contribution in [1.82, 2.24) is 5.32 Å². The average Bonchev–Trinajstić information content (AvgIpc) is 2.55. The minimum atomic E-state index is -1.31. The molecule has 1 aliphatic rings. The second kappa shape index (κ2) is 6.48. The molecule has 23 heavy (non-hydrogen) atoms. The third-order valence-corrected chi connectivity index (χ3v) is 4.40. The van der Waals surface area contributed by atoms with Crippen LogP contribution in [-0.2, 0) is 0 Å². The summed E-state index contributed by atoms with van der Waals surface area (Å²) >= 11 is 0. The molecule has 0 radical (unpaired) electrons. The van der Waals surface area contributed by atoms with E-state index in [0.717, 1.165) is 11.1 Å². The summed E-state index contributed by atoms with van der Waals surface area (Å²) in [5, 5.41) is 25.3. The Bertz CT molecular complexity index is 613. The molecule has 0 amide bonds. The minimum Gasteiger partial charge on any atom is -0.383 e. The summed E-state index contributed by atoms with van der Waals surface area (Å²) in [7, 11) is 0. The highest BCUT2D eigenvalue weighted by Gasteiger charge is 2.43. The van der Waals surface area contributed by atoms with Gasteiger partial charge in [-0.2, -0.15) is 0 Å². The maximum atomic E-state index is 11.0. The van der Waals surface area contributed by atoms with E-state index >= 15 is 0 Å². The van der Waals surface area contributed by atoms with Crippen LogP contribution in [0.25, 0.3) is 0 Å². The van der Waals surface area contributed by atoms with Crippen LogP contribution in [0, 0.1) is 10.1 Å². The zero-order valence-corrected chi connectivity index (χ0v) is 12.8. The van der Waals surface area contributed by atoms with Gasteiger partial charge in [-0.15, -0.1) is 0 Å². The largest absolute Gasteiger partial charge is 0.383 e. The quantitative estimate of drug-likeness (QED) is 0.672. The highest BCUT2D eigenvalue weighted by Crippen LogP contribution is 2.38. The molecule has 120 valence electrons. The molecule has 5 heteroatoms. The van der Waals surface area contributed by atoms with Gasteiger partial charge in [0, 0.05) is 29.8 Å². The lowest BCUT2D eigenvalue weighted by atomic mass is 9.79. The Balaban J connectivity index is 1.91. The van der Waals surface area contributed by atoms with Crippen molar-refractivity contribution in [3.8, 4) is 0 Å². The van der Waals surface area contributed by atoms with E-state index in [9.17, 15) is 15.2 Å². The first kappa shape index (κ1) is 15.6. The molecule has 5 nitrogen and oxygen atoms in total. The van der Waals surface area contributed by atoms with Gasteiger partial charge in [-0.05, 0) is 11.1 Å². The summed E-state index contributed by atoms with van der Waals surface area (Å²) in [4.78, 5) is 10.6. The van der Waals surface area contributed by atoms with Crippen molar-refractivity contribution in [2.75, 3.05) is 6.54 Å². The first-order valence-electron chi connectivity index (χ1n) is 7.76. The molecule has 0 bridgehead atoms. The maximum absolute atomic E-state index is 11.0. The molecule has 0 aromatic heterocycles. The molecular weight excluding hydrogens is 292 g/mol. The Hall–Kier alpha value is -2.24. The standard InChI is InChI=1S/C18H20N2O3/c21-18(13-20(22)23)11-16(14-7-3-1-4-8-14)19-17(12-18)15-9-5-2-6-10-15/h1-10,16-17,19,21H,11-13H2/t16-,17+,18?. The van der Waals surface area contributed by atoms with E-state index in [0.29, 0.717) is 12.8 Å². The van der Waals surface area contributed by atoms with Crippen LogP contribution in [0.15, 0.2) is 60.7 Å². The van der Waals surface area contributed by atoms with Gasteiger partial charge in [0.05, 0.1) is 0 Å². The summed E-state index contributed by atoms with van der Waals surface area (Å²) in [6, 6.07) is 19.3. The van der Waals surface area contributed by atoms with Crippen LogP contribution in [-0.4, -0.2) is 22.2 Å². The summed E-state index contributed by atoms with van der Waals surface area (Å²) < 4.78 is 0. The van der Waals surface area contributed by atoms with E-state index in [1.807, 2.05) is 60.7 Å². The number of nitrogens with one attached hydrogen (secondary N) is 1. The molecule has 2 aromatic carbocycles. The van der Waals surface area contributed by atoms with E-state index < -0.39 is 17.1 Å². The molecule has 1 fully saturated rings. The van der Waals surface area contributed by atoms with Crippen molar-refractivity contribution < 1.29 is 10.0 Å². The number of hydrogen-bond acceptors (Lipinski definition) is 4. The highest BCUT2D eigenvalue weighted by atomic mass is 16.6. The van der Waals surface area contributed by atoms with E-state index in [2.05, 4.69) is 5.32 Å². The van der Waals surface area contributed by atoms with Crippen molar-refractivity contribution in [2.45, 2.75) is 30.5 Å². The van der Waals surface area contributed by atoms with Crippen molar-refractivity contribution in [1.29, 1.82) is 0 Å². The molecule has 0 spiro atoms. The van der Waals surface area contributed by atoms with Gasteiger partial charge in [-0.25, -0.2) is 0 Å². The first-order valence-corrected chi connectivity index (χ1v) is 7.76. The van der Waals surface area contributed by atoms with Gasteiger partial charge in [0.2, 0.25) is 6.54 Å². The van der Waals surface area contributed by atoms with Crippen molar-refractivity contribution in [3.63, 3.8) is 0 Å². The number of rotatable bonds is 4. The van der Waals surface area contributed by atoms with Crippen LogP contribution in [0.2, 0.25) is 0 Å². The number of piperidine rings is 1. The fourth-order valence-corrected chi connectivity index (χ4v) is 3.37. The van der Waals surface area contributed by atoms with Crippen LogP contribution >= 0.6 is 0 Å². The number of aliphatic hydroxyl groups is 1. The molecule has 1 unspecified atom stereocenters. The molecule has 1 aliphatic heterocycles. The second-order valence-corrected chi connectivity index (χ2v) is 6.22. The molecule has 2 aromatic rings. The summed E-state index contributed by atoms with van der Waals surface area (Å²) in [5.41, 5.74) is 0.764. The average molecular weight is 312 g/mol. The lowest BCUT2D eigenvalue weighted by molar-refractivity contribution is -0.502. The molecule has 1 saturated heterocycles. The van der Waals surface area contributed by atoms with E-state index in [4.69, 9.17) is 0 Å². The van der Waals surface area contributed by atoms with Crippen LogP contribution in [0.5, 0.6) is 0 Å². The van der Waals surface area contributed by atoms with Crippen molar-refractivity contribution in [2.24, 2.45) is 0 Å². The van der Waals surface area contributed by atoms with Crippen LogP contribution in [0.4, 0.5) is 0 Å². The molecule has 1 heterocycles. The Morgan fingerprint density at radius 1 is 1.00 bits per heavy atom. The number of benzene rings is 2. The number of nitro groups is 1. The number of nitrogens with zero attached hydrogens (tertiary/aromatic N) is 1. The van der Waals surface area contributed by atoms with Crippen molar-refractivity contribution in [3.05, 3.63) is 81.9 Å². The molecule has 0 aliphatic carbocycles. The third-order valence-electron chi connectivity index (χ3n) is 4.40. The molecule has 3 rings (SSSR count). The summed E-state index contributed by atoms with van der Waals surface area (Å²) in [5.74, 6) is 0. The fraction of sp³-hybridized carbons (Fsp3) is 0.333. The lowest BCUT2D eigenvalue weighted by Gasteiger charge is -2.40. The van der Waals surface area contributed by atoms with Crippen LogP contribution in [0.3, 0.4) is 0 Å². The predicted molar refractivity (Wildman–Crippen MR) is 87.5 cm³/mol. The molecule has 2 N–H and O–H groups in total. The van der Waals surface area contributed by atoms with E-state index in [1.54, 1.807) is 0 Å². The summed E-state index contributed by atoms with van der Waals surface area (Å²) in [6.07, 6.45) is 0.669. The van der Waals surface area contributed by atoms with Gasteiger partial charge < -0.3 is 10.4 Å². The minimum absolute atomic E-state index is 0.111. The molecule has 0 saturated carbocycles. The first-order chi connectivity index (χ1) is 11.1. The Morgan fingerprint density at radius 2 is 1.43 bits per heavy atom. The summed E-state index contributed by atoms with van der Waals surface area (Å²) in [6.45, 7) is -0.429. The van der Waals surface area contributed by atoms with Gasteiger partial charge in [0.1, 0.15) is 5.60 Å². The number of hydrogen-bond donors (Lipinski definition) is 2. The second-order valence-electron chi connectivity index (χ2n) is 6.22. The normalized spacial score (nSPS) is 27.5. The van der Waals surface area contributed by atoms with Gasteiger partial charge in [0.15, 0.2) is 0 Å². The predicted octanol–water partition coefficient (Wildman–Crippen LogP) is 2.86. The topological polar surface area (TPSA) is 75.4 Å².